The Morgan fingerprint density at radius 2 is 1.28 bits per heavy atom. The van der Waals surface area contributed by atoms with Crippen LogP contribution in [0.2, 0.25) is 5.02 Å². The van der Waals surface area contributed by atoms with Crippen molar-refractivity contribution in [2.45, 2.75) is 13.8 Å². The third kappa shape index (κ3) is 5.53. The normalized spacial score (nSPS) is 11.1. The van der Waals surface area contributed by atoms with Gasteiger partial charge in [-0.1, -0.05) is 41.4 Å². The second-order valence-corrected chi connectivity index (χ2v) is 6.98. The Hall–Kier alpha value is -3.44. The van der Waals surface area contributed by atoms with E-state index >= 15 is 0 Å². The van der Waals surface area contributed by atoms with Crippen molar-refractivity contribution in [3.63, 3.8) is 0 Å². The highest BCUT2D eigenvalue weighted by Crippen LogP contribution is 2.14. The second-order valence-electron chi connectivity index (χ2n) is 6.54. The molecule has 3 aromatic rings. The van der Waals surface area contributed by atoms with Crippen LogP contribution in [0.3, 0.4) is 0 Å². The Bertz CT molecular complexity index is 1040. The Balaban J connectivity index is 1.62. The zero-order valence-electron chi connectivity index (χ0n) is 16.1. The molecular weight excluding hydrogens is 386 g/mol. The first kappa shape index (κ1) is 20.3. The molecular formula is C23H20ClN3O2. The number of nitrogens with zero attached hydrogens (tertiary/aromatic N) is 1. The van der Waals surface area contributed by atoms with Crippen molar-refractivity contribution in [2.24, 2.45) is 5.10 Å². The van der Waals surface area contributed by atoms with Crippen molar-refractivity contribution < 1.29 is 9.59 Å². The first-order valence-electron chi connectivity index (χ1n) is 9.01. The molecule has 0 saturated carbocycles. The number of hydrogen-bond acceptors (Lipinski definition) is 3. The number of benzene rings is 3. The number of halogens is 1. The van der Waals surface area contributed by atoms with Gasteiger partial charge in [0.2, 0.25) is 0 Å². The number of aryl methyl sites for hydroxylation is 1. The second kappa shape index (κ2) is 9.17. The molecule has 146 valence electrons. The summed E-state index contributed by atoms with van der Waals surface area (Å²) in [5.74, 6) is -0.485. The molecule has 2 amide bonds. The molecule has 3 aromatic carbocycles. The zero-order valence-corrected chi connectivity index (χ0v) is 16.8. The summed E-state index contributed by atoms with van der Waals surface area (Å²) >= 11 is 5.84. The first-order chi connectivity index (χ1) is 13.9. The largest absolute Gasteiger partial charge is 0.322 e. The van der Waals surface area contributed by atoms with Crippen molar-refractivity contribution in [3.8, 4) is 0 Å². The van der Waals surface area contributed by atoms with E-state index in [4.69, 9.17) is 11.6 Å². The van der Waals surface area contributed by atoms with Gasteiger partial charge in [0.15, 0.2) is 0 Å². The molecule has 0 aliphatic carbocycles. The highest BCUT2D eigenvalue weighted by atomic mass is 35.5. The van der Waals surface area contributed by atoms with Crippen LogP contribution in [0.5, 0.6) is 0 Å². The number of hydrazone groups is 1. The van der Waals surface area contributed by atoms with Crippen LogP contribution < -0.4 is 10.7 Å². The maximum absolute atomic E-state index is 12.3. The van der Waals surface area contributed by atoms with E-state index in [2.05, 4.69) is 15.8 Å². The highest BCUT2D eigenvalue weighted by molar-refractivity contribution is 6.30. The summed E-state index contributed by atoms with van der Waals surface area (Å²) in [4.78, 5) is 24.4. The lowest BCUT2D eigenvalue weighted by Gasteiger charge is -2.07. The lowest BCUT2D eigenvalue weighted by atomic mass is 10.1. The number of amides is 2. The fourth-order valence-electron chi connectivity index (χ4n) is 2.57. The lowest BCUT2D eigenvalue weighted by molar-refractivity contribution is 0.0954. The molecule has 0 aliphatic rings. The van der Waals surface area contributed by atoms with Crippen molar-refractivity contribution in [1.29, 1.82) is 0 Å². The average molecular weight is 406 g/mol. The van der Waals surface area contributed by atoms with Gasteiger partial charge in [-0.3, -0.25) is 9.59 Å². The van der Waals surface area contributed by atoms with Crippen LogP contribution in [0.1, 0.15) is 38.8 Å². The number of carbonyl (C=O) groups is 2. The Morgan fingerprint density at radius 1 is 0.759 bits per heavy atom. The topological polar surface area (TPSA) is 70.6 Å². The van der Waals surface area contributed by atoms with Crippen molar-refractivity contribution in [1.82, 2.24) is 5.43 Å². The molecule has 0 aliphatic heterocycles. The summed E-state index contributed by atoms with van der Waals surface area (Å²) in [5.41, 5.74) is 6.86. The smallest absolute Gasteiger partial charge is 0.271 e. The maximum atomic E-state index is 12.3. The van der Waals surface area contributed by atoms with Crippen LogP contribution in [0.4, 0.5) is 5.69 Å². The first-order valence-corrected chi connectivity index (χ1v) is 9.39. The monoisotopic (exact) mass is 405 g/mol. The molecule has 0 saturated heterocycles. The van der Waals surface area contributed by atoms with E-state index in [-0.39, 0.29) is 11.8 Å². The van der Waals surface area contributed by atoms with E-state index in [1.54, 1.807) is 55.5 Å². The number of rotatable bonds is 5. The molecule has 29 heavy (non-hydrogen) atoms. The van der Waals surface area contributed by atoms with Crippen LogP contribution in [-0.4, -0.2) is 17.5 Å². The summed E-state index contributed by atoms with van der Waals surface area (Å²) < 4.78 is 0. The molecule has 0 spiro atoms. The predicted molar refractivity (Wildman–Crippen MR) is 117 cm³/mol. The molecule has 3 rings (SSSR count). The van der Waals surface area contributed by atoms with Crippen LogP contribution in [0.15, 0.2) is 77.9 Å². The molecule has 0 heterocycles. The fraction of sp³-hybridized carbons (Fsp3) is 0.0870. The van der Waals surface area contributed by atoms with E-state index < -0.39 is 0 Å². The standard InChI is InChI=1S/C23H20ClN3O2/c1-15-3-5-19(6-4-15)23(29)27-26-16(2)17-9-13-21(14-10-17)25-22(28)18-7-11-20(24)12-8-18/h3-14H,1-2H3,(H,25,28)(H,27,29)/b26-16-. The molecule has 0 radical (unpaired) electrons. The molecule has 2 N–H and O–H groups in total. The van der Waals surface area contributed by atoms with Gasteiger partial charge in [0.05, 0.1) is 5.71 Å². The number of carbonyl (C=O) groups excluding carboxylic acids is 2. The number of nitrogens with one attached hydrogen (secondary N) is 2. The number of hydrogen-bond donors (Lipinski definition) is 2. The summed E-state index contributed by atoms with van der Waals surface area (Å²) in [5, 5.41) is 7.56. The van der Waals surface area contributed by atoms with Gasteiger partial charge >= 0.3 is 0 Å². The molecule has 0 unspecified atom stereocenters. The number of anilines is 1. The molecule has 6 heteroatoms. The van der Waals surface area contributed by atoms with Gasteiger partial charge in [0.25, 0.3) is 11.8 Å². The molecule has 0 fully saturated rings. The van der Waals surface area contributed by atoms with Gasteiger partial charge in [0.1, 0.15) is 0 Å². The third-order valence-corrected chi connectivity index (χ3v) is 4.56. The van der Waals surface area contributed by atoms with E-state index in [9.17, 15) is 9.59 Å². The molecule has 0 atom stereocenters. The SMILES string of the molecule is C/C(=N/NC(=O)c1ccc(C)cc1)c1ccc(NC(=O)c2ccc(Cl)cc2)cc1. The summed E-state index contributed by atoms with van der Waals surface area (Å²) in [6, 6.07) is 21.2. The predicted octanol–water partition coefficient (Wildman–Crippen LogP) is 5.05. The van der Waals surface area contributed by atoms with E-state index in [0.717, 1.165) is 11.1 Å². The Morgan fingerprint density at radius 3 is 1.90 bits per heavy atom. The van der Waals surface area contributed by atoms with Crippen LogP contribution in [0, 0.1) is 6.92 Å². The quantitative estimate of drug-likeness (QED) is 0.460. The van der Waals surface area contributed by atoms with Crippen LogP contribution >= 0.6 is 11.6 Å². The summed E-state index contributed by atoms with van der Waals surface area (Å²) in [7, 11) is 0. The highest BCUT2D eigenvalue weighted by Gasteiger charge is 2.07. The van der Waals surface area contributed by atoms with Crippen molar-refractivity contribution >= 4 is 34.8 Å². The van der Waals surface area contributed by atoms with Crippen LogP contribution in [-0.2, 0) is 0 Å². The van der Waals surface area contributed by atoms with E-state index in [1.165, 1.54) is 0 Å². The van der Waals surface area contributed by atoms with E-state index in [1.807, 2.05) is 31.2 Å². The summed E-state index contributed by atoms with van der Waals surface area (Å²) in [6.07, 6.45) is 0. The maximum Gasteiger partial charge on any atom is 0.271 e. The van der Waals surface area contributed by atoms with Gasteiger partial charge in [-0.25, -0.2) is 5.43 Å². The van der Waals surface area contributed by atoms with Crippen LogP contribution in [0.25, 0.3) is 0 Å². The minimum Gasteiger partial charge on any atom is -0.322 e. The fourth-order valence-corrected chi connectivity index (χ4v) is 2.69. The zero-order chi connectivity index (χ0) is 20.8. The van der Waals surface area contributed by atoms with Gasteiger partial charge < -0.3 is 5.32 Å². The minimum absolute atomic E-state index is 0.217. The average Bonchev–Trinajstić information content (AvgIpc) is 2.73. The summed E-state index contributed by atoms with van der Waals surface area (Å²) in [6.45, 7) is 3.77. The van der Waals surface area contributed by atoms with Crippen molar-refractivity contribution in [2.75, 3.05) is 5.32 Å². The van der Waals surface area contributed by atoms with Gasteiger partial charge in [0, 0.05) is 21.8 Å². The third-order valence-electron chi connectivity index (χ3n) is 4.31. The molecule has 0 aromatic heterocycles. The van der Waals surface area contributed by atoms with Crippen molar-refractivity contribution in [3.05, 3.63) is 100 Å². The van der Waals surface area contributed by atoms with Gasteiger partial charge in [-0.15, -0.1) is 0 Å². The Labute approximate surface area is 174 Å². The van der Waals surface area contributed by atoms with E-state index in [0.29, 0.717) is 27.5 Å². The molecule has 0 bridgehead atoms. The Kier molecular flexibility index (Phi) is 6.42. The van der Waals surface area contributed by atoms with Gasteiger partial charge in [-0.05, 0) is 67.9 Å². The lowest BCUT2D eigenvalue weighted by Crippen LogP contribution is -2.19. The minimum atomic E-state index is -0.267. The van der Waals surface area contributed by atoms with Gasteiger partial charge in [-0.2, -0.15) is 5.10 Å². The molecule has 5 nitrogen and oxygen atoms in total.